The van der Waals surface area contributed by atoms with Crippen LogP contribution in [0.3, 0.4) is 0 Å². The first-order chi connectivity index (χ1) is 19.8. The molecule has 3 heterocycles. The first-order valence-electron chi connectivity index (χ1n) is 14.0. The minimum atomic E-state index is -0.792. The first-order valence-corrected chi connectivity index (χ1v) is 15.3. The molecule has 3 amide bonds. The van der Waals surface area contributed by atoms with Crippen LogP contribution in [-0.4, -0.2) is 70.0 Å². The zero-order chi connectivity index (χ0) is 29.3. The number of anilines is 2. The van der Waals surface area contributed by atoms with Crippen molar-refractivity contribution < 1.29 is 19.5 Å². The third kappa shape index (κ3) is 4.90. The number of hydrogen-bond acceptors (Lipinski definition) is 5. The summed E-state index contributed by atoms with van der Waals surface area (Å²) < 4.78 is -0.750. The van der Waals surface area contributed by atoms with E-state index in [1.807, 2.05) is 49.4 Å². The van der Waals surface area contributed by atoms with E-state index in [1.165, 1.54) is 0 Å². The molecule has 3 fully saturated rings. The van der Waals surface area contributed by atoms with E-state index in [9.17, 15) is 19.5 Å². The number of likely N-dealkylation sites (tertiary alicyclic amines) is 1. The smallest absolute Gasteiger partial charge is 0.251 e. The minimum Gasteiger partial charge on any atom is -0.396 e. The SMILES string of the molecule is C=CCN(C(=O)[C@@H]1[C@@H]2CCC3(S2)C(C(=O)N(CC=C)c2c(C)cccc2Cl)N(CCCO)C(=O)[C@H]13)c1ccccc1. The summed E-state index contributed by atoms with van der Waals surface area (Å²) in [4.78, 5) is 48.2. The summed E-state index contributed by atoms with van der Waals surface area (Å²) in [5, 5.41) is 10.0. The van der Waals surface area contributed by atoms with Crippen LogP contribution in [0.15, 0.2) is 73.8 Å². The molecule has 1 spiro atoms. The van der Waals surface area contributed by atoms with Crippen LogP contribution in [-0.2, 0) is 14.4 Å². The molecule has 0 radical (unpaired) electrons. The van der Waals surface area contributed by atoms with Gasteiger partial charge < -0.3 is 19.8 Å². The van der Waals surface area contributed by atoms with Crippen LogP contribution >= 0.6 is 23.4 Å². The molecule has 216 valence electrons. The molecule has 3 aliphatic rings. The maximum absolute atomic E-state index is 14.7. The number of carbonyl (C=O) groups excluding carboxylic acids is 3. The van der Waals surface area contributed by atoms with Gasteiger partial charge in [0.15, 0.2) is 0 Å². The van der Waals surface area contributed by atoms with Gasteiger partial charge in [-0.05, 0) is 49.9 Å². The van der Waals surface area contributed by atoms with E-state index in [-0.39, 0.29) is 42.7 Å². The second-order valence-corrected chi connectivity index (χ2v) is 12.9. The number of amides is 3. The number of hydrogen-bond donors (Lipinski definition) is 1. The van der Waals surface area contributed by atoms with Crippen molar-refractivity contribution in [3.63, 3.8) is 0 Å². The molecule has 2 bridgehead atoms. The third-order valence-electron chi connectivity index (χ3n) is 8.56. The molecule has 2 unspecified atom stereocenters. The van der Waals surface area contributed by atoms with Crippen molar-refractivity contribution in [2.75, 3.05) is 36.0 Å². The Morgan fingerprint density at radius 3 is 2.46 bits per heavy atom. The fourth-order valence-electron chi connectivity index (χ4n) is 6.97. The predicted octanol–water partition coefficient (Wildman–Crippen LogP) is 4.86. The summed E-state index contributed by atoms with van der Waals surface area (Å²) in [7, 11) is 0. The molecule has 0 aromatic heterocycles. The number of aliphatic hydroxyl groups excluding tert-OH is 1. The van der Waals surface area contributed by atoms with Crippen molar-refractivity contribution >= 4 is 52.5 Å². The largest absolute Gasteiger partial charge is 0.396 e. The van der Waals surface area contributed by atoms with E-state index in [0.29, 0.717) is 30.1 Å². The van der Waals surface area contributed by atoms with Crippen molar-refractivity contribution in [1.29, 1.82) is 0 Å². The molecule has 3 saturated heterocycles. The number of nitrogens with zero attached hydrogens (tertiary/aromatic N) is 3. The summed E-state index contributed by atoms with van der Waals surface area (Å²) >= 11 is 8.26. The van der Waals surface area contributed by atoms with Gasteiger partial charge in [0.05, 0.1) is 27.3 Å². The normalized spacial score (nSPS) is 26.1. The Kier molecular flexibility index (Phi) is 8.64. The van der Waals surface area contributed by atoms with E-state index in [0.717, 1.165) is 17.7 Å². The van der Waals surface area contributed by atoms with Crippen LogP contribution in [0.1, 0.15) is 24.8 Å². The lowest BCUT2D eigenvalue weighted by molar-refractivity contribution is -0.139. The highest BCUT2D eigenvalue weighted by Gasteiger charge is 2.74. The summed E-state index contributed by atoms with van der Waals surface area (Å²) in [5.41, 5.74) is 2.19. The highest BCUT2D eigenvalue weighted by Crippen LogP contribution is 2.67. The Labute approximate surface area is 250 Å². The fourth-order valence-corrected chi connectivity index (χ4v) is 9.50. The fraction of sp³-hybridized carbons (Fsp3) is 0.406. The second kappa shape index (κ2) is 12.0. The molecule has 41 heavy (non-hydrogen) atoms. The zero-order valence-electron chi connectivity index (χ0n) is 23.2. The van der Waals surface area contributed by atoms with Crippen molar-refractivity contribution in [2.24, 2.45) is 11.8 Å². The third-order valence-corrected chi connectivity index (χ3v) is 10.8. The minimum absolute atomic E-state index is 0.0716. The monoisotopic (exact) mass is 593 g/mol. The molecule has 3 aliphatic heterocycles. The molecule has 0 aliphatic carbocycles. The maximum Gasteiger partial charge on any atom is 0.251 e. The number of aryl methyl sites for hydroxylation is 1. The van der Waals surface area contributed by atoms with E-state index in [2.05, 4.69) is 13.2 Å². The van der Waals surface area contributed by atoms with Crippen molar-refractivity contribution in [3.05, 3.63) is 84.4 Å². The van der Waals surface area contributed by atoms with E-state index >= 15 is 0 Å². The van der Waals surface area contributed by atoms with E-state index in [1.54, 1.807) is 44.7 Å². The van der Waals surface area contributed by atoms with Crippen molar-refractivity contribution in [1.82, 2.24) is 4.90 Å². The van der Waals surface area contributed by atoms with Crippen LogP contribution in [0.5, 0.6) is 0 Å². The standard InChI is InChI=1S/C32H36ClN3O4S/c1-4-17-34(22-12-7-6-8-13-22)29(38)25-24-15-16-32(41-24)26(25)30(39)36(19-10-20-37)28(32)31(40)35(18-5-2)27-21(3)11-9-14-23(27)33/h4-9,11-14,24-26,28,37H,1-2,10,15-20H2,3H3/t24-,25+,26-,28?,32?/m0/s1. The Hall–Kier alpha value is -3.07. The Balaban J connectivity index is 1.57. The number of fused-ring (bicyclic) bond motifs is 1. The molecule has 9 heteroatoms. The molecular formula is C32H36ClN3O4S. The van der Waals surface area contributed by atoms with Gasteiger partial charge in [-0.2, -0.15) is 0 Å². The number of para-hydroxylation sites is 2. The summed E-state index contributed by atoms with van der Waals surface area (Å²) in [6.07, 6.45) is 5.08. The summed E-state index contributed by atoms with van der Waals surface area (Å²) in [5.74, 6) is -1.74. The van der Waals surface area contributed by atoms with Gasteiger partial charge in [0.2, 0.25) is 11.8 Å². The van der Waals surface area contributed by atoms with Crippen LogP contribution in [0, 0.1) is 18.8 Å². The van der Waals surface area contributed by atoms with Gasteiger partial charge in [-0.1, -0.05) is 54.1 Å². The van der Waals surface area contributed by atoms with Crippen LogP contribution in [0.25, 0.3) is 0 Å². The summed E-state index contributed by atoms with van der Waals surface area (Å²) in [6, 6.07) is 14.1. The van der Waals surface area contributed by atoms with Crippen molar-refractivity contribution in [2.45, 2.75) is 42.2 Å². The van der Waals surface area contributed by atoms with Gasteiger partial charge in [-0.25, -0.2) is 0 Å². The molecular weight excluding hydrogens is 558 g/mol. The lowest BCUT2D eigenvalue weighted by atomic mass is 9.70. The first kappa shape index (κ1) is 29.4. The average molecular weight is 594 g/mol. The predicted molar refractivity (Wildman–Crippen MR) is 165 cm³/mol. The number of thioether (sulfide) groups is 1. The number of aliphatic hydroxyl groups is 1. The topological polar surface area (TPSA) is 81.2 Å². The van der Waals surface area contributed by atoms with Crippen LogP contribution in [0.2, 0.25) is 5.02 Å². The van der Waals surface area contributed by atoms with Gasteiger partial charge in [-0.15, -0.1) is 24.9 Å². The number of rotatable bonds is 11. The lowest BCUT2D eigenvalue weighted by Crippen LogP contribution is -2.55. The average Bonchev–Trinajstić information content (AvgIpc) is 3.61. The quantitative estimate of drug-likeness (QED) is 0.376. The molecule has 5 atom stereocenters. The molecule has 0 saturated carbocycles. The molecule has 1 N–H and O–H groups in total. The number of carbonyl (C=O) groups is 3. The lowest BCUT2D eigenvalue weighted by Gasteiger charge is -2.38. The Morgan fingerprint density at radius 1 is 1.10 bits per heavy atom. The molecule has 5 rings (SSSR count). The second-order valence-electron chi connectivity index (χ2n) is 10.9. The van der Waals surface area contributed by atoms with Crippen LogP contribution in [0.4, 0.5) is 11.4 Å². The highest BCUT2D eigenvalue weighted by atomic mass is 35.5. The highest BCUT2D eigenvalue weighted by molar-refractivity contribution is 8.02. The van der Waals surface area contributed by atoms with Crippen LogP contribution < -0.4 is 9.80 Å². The van der Waals surface area contributed by atoms with Crippen molar-refractivity contribution in [3.8, 4) is 0 Å². The Bertz CT molecular complexity index is 1330. The van der Waals surface area contributed by atoms with Gasteiger partial charge in [0.25, 0.3) is 5.91 Å². The van der Waals surface area contributed by atoms with Gasteiger partial charge in [-0.3, -0.25) is 14.4 Å². The van der Waals surface area contributed by atoms with Gasteiger partial charge >= 0.3 is 0 Å². The zero-order valence-corrected chi connectivity index (χ0v) is 24.8. The number of benzene rings is 2. The van der Waals surface area contributed by atoms with E-state index in [4.69, 9.17) is 11.6 Å². The summed E-state index contributed by atoms with van der Waals surface area (Å²) in [6.45, 7) is 10.3. The molecule has 2 aromatic carbocycles. The van der Waals surface area contributed by atoms with Gasteiger partial charge in [0, 0.05) is 37.2 Å². The van der Waals surface area contributed by atoms with E-state index < -0.39 is 22.6 Å². The molecule has 2 aromatic rings. The maximum atomic E-state index is 14.7. The molecule has 7 nitrogen and oxygen atoms in total. The number of halogens is 1. The Morgan fingerprint density at radius 2 is 1.80 bits per heavy atom. The van der Waals surface area contributed by atoms with Gasteiger partial charge in [0.1, 0.15) is 6.04 Å².